The highest BCUT2D eigenvalue weighted by Gasteiger charge is 2.35. The molecule has 1 unspecified atom stereocenters. The van der Waals surface area contributed by atoms with Crippen LogP contribution in [0.5, 0.6) is 0 Å². The molecule has 0 aliphatic carbocycles. The minimum absolute atomic E-state index is 0.180. The van der Waals surface area contributed by atoms with Gasteiger partial charge >= 0.3 is 0 Å². The SMILES string of the molecule is CC(C)(C)C1Nc2ccccc2S(=O)(=O)N1. The van der Waals surface area contributed by atoms with Crippen LogP contribution in [0.1, 0.15) is 20.8 Å². The lowest BCUT2D eigenvalue weighted by molar-refractivity contribution is 0.322. The van der Waals surface area contributed by atoms with Crippen LogP contribution in [0.25, 0.3) is 0 Å². The molecule has 1 atom stereocenters. The Morgan fingerprint density at radius 1 is 1.19 bits per heavy atom. The van der Waals surface area contributed by atoms with Gasteiger partial charge in [0.15, 0.2) is 0 Å². The molecular formula is C11H16N2O2S. The predicted molar refractivity (Wildman–Crippen MR) is 63.6 cm³/mol. The molecule has 1 aromatic rings. The molecule has 0 saturated carbocycles. The average Bonchev–Trinajstić information content (AvgIpc) is 2.15. The Morgan fingerprint density at radius 3 is 2.44 bits per heavy atom. The zero-order chi connectivity index (χ0) is 12.0. The molecule has 2 N–H and O–H groups in total. The van der Waals surface area contributed by atoms with Crippen molar-refractivity contribution in [3.8, 4) is 0 Å². The minimum Gasteiger partial charge on any atom is -0.367 e. The number of benzene rings is 1. The molecule has 0 saturated heterocycles. The third-order valence-electron chi connectivity index (χ3n) is 2.62. The van der Waals surface area contributed by atoms with Crippen molar-refractivity contribution >= 4 is 15.7 Å². The van der Waals surface area contributed by atoms with Crippen molar-refractivity contribution in [2.24, 2.45) is 5.41 Å². The standard InChI is InChI=1S/C11H16N2O2S/c1-11(2,3)10-12-8-6-4-5-7-9(8)16(14,15)13-10/h4-7,10,12-13H,1-3H3. The van der Waals surface area contributed by atoms with Gasteiger partial charge in [0.2, 0.25) is 10.0 Å². The summed E-state index contributed by atoms with van der Waals surface area (Å²) in [7, 11) is -3.39. The number of hydrogen-bond acceptors (Lipinski definition) is 3. The summed E-state index contributed by atoms with van der Waals surface area (Å²) in [5, 5.41) is 3.20. The number of nitrogens with one attached hydrogen (secondary N) is 2. The molecule has 4 nitrogen and oxygen atoms in total. The van der Waals surface area contributed by atoms with Crippen LogP contribution in [0.3, 0.4) is 0 Å². The van der Waals surface area contributed by atoms with Gasteiger partial charge in [-0.2, -0.15) is 4.72 Å². The predicted octanol–water partition coefficient (Wildman–Crippen LogP) is 1.76. The fourth-order valence-electron chi connectivity index (χ4n) is 1.62. The summed E-state index contributed by atoms with van der Waals surface area (Å²) in [6, 6.07) is 6.93. The van der Waals surface area contributed by atoms with Crippen molar-refractivity contribution in [1.82, 2.24) is 4.72 Å². The molecule has 0 spiro atoms. The molecule has 1 aliphatic heterocycles. The van der Waals surface area contributed by atoms with E-state index in [2.05, 4.69) is 10.0 Å². The quantitative estimate of drug-likeness (QED) is 0.726. The van der Waals surface area contributed by atoms with E-state index in [1.165, 1.54) is 0 Å². The summed E-state index contributed by atoms with van der Waals surface area (Å²) in [6.07, 6.45) is -0.285. The number of para-hydroxylation sites is 1. The highest BCUT2D eigenvalue weighted by atomic mass is 32.2. The largest absolute Gasteiger partial charge is 0.367 e. The Bertz CT molecular complexity index is 503. The van der Waals surface area contributed by atoms with E-state index in [4.69, 9.17) is 0 Å². The van der Waals surface area contributed by atoms with Crippen LogP contribution in [-0.4, -0.2) is 14.6 Å². The summed E-state index contributed by atoms with van der Waals surface area (Å²) in [6.45, 7) is 5.96. The van der Waals surface area contributed by atoms with Crippen molar-refractivity contribution in [3.63, 3.8) is 0 Å². The first kappa shape index (κ1) is 11.4. The Labute approximate surface area is 96.1 Å². The van der Waals surface area contributed by atoms with E-state index in [-0.39, 0.29) is 11.6 Å². The van der Waals surface area contributed by atoms with Crippen LogP contribution in [0.2, 0.25) is 0 Å². The number of rotatable bonds is 0. The van der Waals surface area contributed by atoms with E-state index in [0.29, 0.717) is 10.6 Å². The molecule has 0 fully saturated rings. The molecule has 88 valence electrons. The fourth-order valence-corrected chi connectivity index (χ4v) is 3.14. The summed E-state index contributed by atoms with van der Waals surface area (Å²) in [5.74, 6) is 0. The molecule has 0 aromatic heterocycles. The van der Waals surface area contributed by atoms with E-state index in [1.54, 1.807) is 18.2 Å². The summed E-state index contributed by atoms with van der Waals surface area (Å²) in [4.78, 5) is 0.315. The number of fused-ring (bicyclic) bond motifs is 1. The Balaban J connectivity index is 2.50. The molecule has 0 bridgehead atoms. The molecule has 0 amide bonds. The Kier molecular flexibility index (Phi) is 2.47. The second-order valence-corrected chi connectivity index (χ2v) is 6.74. The van der Waals surface area contributed by atoms with Crippen molar-refractivity contribution in [3.05, 3.63) is 24.3 Å². The van der Waals surface area contributed by atoms with Gasteiger partial charge in [0.1, 0.15) is 4.90 Å². The monoisotopic (exact) mass is 240 g/mol. The zero-order valence-corrected chi connectivity index (χ0v) is 10.4. The van der Waals surface area contributed by atoms with Gasteiger partial charge in [-0.15, -0.1) is 0 Å². The van der Waals surface area contributed by atoms with E-state index in [1.807, 2.05) is 26.8 Å². The normalized spacial score (nSPS) is 23.3. The third kappa shape index (κ3) is 1.92. The smallest absolute Gasteiger partial charge is 0.244 e. The van der Waals surface area contributed by atoms with E-state index < -0.39 is 10.0 Å². The van der Waals surface area contributed by atoms with Crippen molar-refractivity contribution in [2.45, 2.75) is 31.8 Å². The van der Waals surface area contributed by atoms with Gasteiger partial charge in [0.25, 0.3) is 0 Å². The molecule has 1 aromatic carbocycles. The minimum atomic E-state index is -3.39. The van der Waals surface area contributed by atoms with E-state index in [0.717, 1.165) is 0 Å². The lowest BCUT2D eigenvalue weighted by Crippen LogP contribution is -2.51. The van der Waals surface area contributed by atoms with E-state index in [9.17, 15) is 8.42 Å². The zero-order valence-electron chi connectivity index (χ0n) is 9.61. The van der Waals surface area contributed by atoms with Crippen LogP contribution < -0.4 is 10.0 Å². The van der Waals surface area contributed by atoms with Crippen molar-refractivity contribution in [2.75, 3.05) is 5.32 Å². The van der Waals surface area contributed by atoms with Crippen LogP contribution in [0, 0.1) is 5.41 Å². The molecular weight excluding hydrogens is 224 g/mol. The van der Waals surface area contributed by atoms with Gasteiger partial charge in [-0.3, -0.25) is 0 Å². The molecule has 1 heterocycles. The van der Waals surface area contributed by atoms with Crippen molar-refractivity contribution in [1.29, 1.82) is 0 Å². The number of anilines is 1. The summed E-state index contributed by atoms with van der Waals surface area (Å²) >= 11 is 0. The summed E-state index contributed by atoms with van der Waals surface area (Å²) in [5.41, 5.74) is 0.488. The van der Waals surface area contributed by atoms with Gasteiger partial charge in [0.05, 0.1) is 11.9 Å². The second kappa shape index (κ2) is 3.46. The first-order valence-corrected chi connectivity index (χ1v) is 6.67. The van der Waals surface area contributed by atoms with Crippen LogP contribution in [-0.2, 0) is 10.0 Å². The van der Waals surface area contributed by atoms with Gasteiger partial charge in [0, 0.05) is 0 Å². The third-order valence-corrected chi connectivity index (χ3v) is 4.10. The Hall–Kier alpha value is -1.07. The van der Waals surface area contributed by atoms with Crippen LogP contribution in [0.4, 0.5) is 5.69 Å². The van der Waals surface area contributed by atoms with Gasteiger partial charge in [-0.25, -0.2) is 8.42 Å². The van der Waals surface area contributed by atoms with Gasteiger partial charge in [-0.05, 0) is 17.5 Å². The van der Waals surface area contributed by atoms with E-state index >= 15 is 0 Å². The first-order chi connectivity index (χ1) is 7.31. The topological polar surface area (TPSA) is 58.2 Å². The van der Waals surface area contributed by atoms with Crippen LogP contribution in [0.15, 0.2) is 29.2 Å². The second-order valence-electron chi connectivity index (χ2n) is 5.06. The molecule has 16 heavy (non-hydrogen) atoms. The molecule has 2 rings (SSSR count). The van der Waals surface area contributed by atoms with Gasteiger partial charge < -0.3 is 5.32 Å². The maximum Gasteiger partial charge on any atom is 0.244 e. The molecule has 0 radical (unpaired) electrons. The maximum atomic E-state index is 12.0. The molecule has 1 aliphatic rings. The lowest BCUT2D eigenvalue weighted by atomic mass is 9.92. The average molecular weight is 240 g/mol. The highest BCUT2D eigenvalue weighted by molar-refractivity contribution is 7.89. The van der Waals surface area contributed by atoms with Crippen LogP contribution >= 0.6 is 0 Å². The van der Waals surface area contributed by atoms with Crippen molar-refractivity contribution < 1.29 is 8.42 Å². The summed E-state index contributed by atoms with van der Waals surface area (Å²) < 4.78 is 26.6. The maximum absolute atomic E-state index is 12.0. The fraction of sp³-hybridized carbons (Fsp3) is 0.455. The lowest BCUT2D eigenvalue weighted by Gasteiger charge is -2.36. The first-order valence-electron chi connectivity index (χ1n) is 5.18. The number of hydrogen-bond donors (Lipinski definition) is 2. The Morgan fingerprint density at radius 2 is 1.81 bits per heavy atom. The number of sulfonamides is 1. The highest BCUT2D eigenvalue weighted by Crippen LogP contribution is 2.31. The molecule has 5 heteroatoms. The van der Waals surface area contributed by atoms with Gasteiger partial charge in [-0.1, -0.05) is 32.9 Å².